The fourth-order valence-corrected chi connectivity index (χ4v) is 2.39. The quantitative estimate of drug-likeness (QED) is 0.829. The first-order valence-electron chi connectivity index (χ1n) is 6.60. The van der Waals surface area contributed by atoms with Crippen molar-refractivity contribution < 1.29 is 19.4 Å². The molecule has 0 heterocycles. The van der Waals surface area contributed by atoms with Crippen LogP contribution in [0.2, 0.25) is 0 Å². The molecule has 2 rings (SSSR count). The highest BCUT2D eigenvalue weighted by atomic mass is 16.7. The lowest BCUT2D eigenvalue weighted by molar-refractivity contribution is -0.215. The van der Waals surface area contributed by atoms with Crippen LogP contribution in [-0.4, -0.2) is 25.3 Å². The van der Waals surface area contributed by atoms with Gasteiger partial charge in [-0.15, -0.1) is 0 Å². The lowest BCUT2D eigenvalue weighted by Gasteiger charge is -2.32. The molecule has 0 saturated carbocycles. The number of methoxy groups -OCH3 is 2. The summed E-state index contributed by atoms with van der Waals surface area (Å²) in [5.74, 6) is -1.97. The summed E-state index contributed by atoms with van der Waals surface area (Å²) < 4.78 is 11.2. The molecule has 0 bridgehead atoms. The van der Waals surface area contributed by atoms with Gasteiger partial charge in [0.1, 0.15) is 0 Å². The van der Waals surface area contributed by atoms with E-state index in [1.165, 1.54) is 0 Å². The molecule has 0 saturated heterocycles. The molecule has 0 atom stereocenters. The minimum absolute atomic E-state index is 0.256. The Morgan fingerprint density at radius 3 is 2.14 bits per heavy atom. The van der Waals surface area contributed by atoms with Gasteiger partial charge in [-0.1, -0.05) is 48.5 Å². The Morgan fingerprint density at radius 2 is 1.57 bits per heavy atom. The zero-order valence-electron chi connectivity index (χ0n) is 12.1. The molecular formula is C17H18O4. The van der Waals surface area contributed by atoms with Crippen molar-refractivity contribution in [1.82, 2.24) is 0 Å². The van der Waals surface area contributed by atoms with Crippen LogP contribution < -0.4 is 0 Å². The highest BCUT2D eigenvalue weighted by Crippen LogP contribution is 2.31. The van der Waals surface area contributed by atoms with E-state index in [1.54, 1.807) is 32.4 Å². The Labute approximate surface area is 123 Å². The zero-order chi connectivity index (χ0) is 15.3. The Balaban J connectivity index is 2.44. The van der Waals surface area contributed by atoms with Crippen molar-refractivity contribution in [2.45, 2.75) is 12.2 Å². The maximum Gasteiger partial charge on any atom is 0.335 e. The predicted octanol–water partition coefficient (Wildman–Crippen LogP) is 3.07. The molecule has 4 nitrogen and oxygen atoms in total. The number of carboxylic acid groups (broad SMARTS) is 1. The average molecular weight is 286 g/mol. The molecule has 0 aliphatic rings. The first-order valence-corrected chi connectivity index (χ1v) is 6.60. The lowest BCUT2D eigenvalue weighted by Crippen LogP contribution is -2.34. The Kier molecular flexibility index (Phi) is 4.73. The van der Waals surface area contributed by atoms with Gasteiger partial charge in [-0.3, -0.25) is 0 Å². The van der Waals surface area contributed by atoms with E-state index in [2.05, 4.69) is 0 Å². The lowest BCUT2D eigenvalue weighted by atomic mass is 9.94. The van der Waals surface area contributed by atoms with Gasteiger partial charge >= 0.3 is 5.97 Å². The Bertz CT molecular complexity index is 603. The molecule has 0 aliphatic heterocycles. The number of benzene rings is 2. The maximum atomic E-state index is 11.3. The van der Waals surface area contributed by atoms with Crippen LogP contribution in [0.4, 0.5) is 0 Å². The highest BCUT2D eigenvalue weighted by Gasteiger charge is 2.33. The fraction of sp³-hybridized carbons (Fsp3) is 0.235. The summed E-state index contributed by atoms with van der Waals surface area (Å²) >= 11 is 0. The molecule has 4 heteroatoms. The second kappa shape index (κ2) is 6.52. The Morgan fingerprint density at radius 1 is 1.00 bits per heavy atom. The average Bonchev–Trinajstić information content (AvgIpc) is 2.54. The molecule has 0 radical (unpaired) electrons. The van der Waals surface area contributed by atoms with E-state index in [0.29, 0.717) is 12.0 Å². The number of carbonyl (C=O) groups is 1. The topological polar surface area (TPSA) is 55.8 Å². The molecule has 2 aromatic carbocycles. The third-order valence-corrected chi connectivity index (χ3v) is 3.54. The minimum atomic E-state index is -1.01. The number of ether oxygens (including phenoxy) is 2. The predicted molar refractivity (Wildman–Crippen MR) is 79.2 cm³/mol. The summed E-state index contributed by atoms with van der Waals surface area (Å²) in [6.07, 6.45) is 0.312. The smallest absolute Gasteiger partial charge is 0.335 e. The molecule has 0 aromatic heterocycles. The van der Waals surface area contributed by atoms with Crippen molar-refractivity contribution in [2.24, 2.45) is 0 Å². The largest absolute Gasteiger partial charge is 0.478 e. The van der Waals surface area contributed by atoms with Crippen molar-refractivity contribution in [3.63, 3.8) is 0 Å². The van der Waals surface area contributed by atoms with Crippen LogP contribution in [0.1, 0.15) is 21.5 Å². The van der Waals surface area contributed by atoms with Gasteiger partial charge in [0.05, 0.1) is 5.56 Å². The number of aromatic carboxylic acids is 1. The summed E-state index contributed by atoms with van der Waals surface area (Å²) in [5, 5.41) is 9.30. The summed E-state index contributed by atoms with van der Waals surface area (Å²) in [7, 11) is 3.11. The SMILES string of the molecule is COC(Cc1ccccc1C(=O)O)(OC)c1ccccc1. The van der Waals surface area contributed by atoms with Crippen molar-refractivity contribution in [1.29, 1.82) is 0 Å². The van der Waals surface area contributed by atoms with Crippen LogP contribution in [0.25, 0.3) is 0 Å². The van der Waals surface area contributed by atoms with E-state index >= 15 is 0 Å². The molecule has 2 aromatic rings. The number of rotatable bonds is 6. The molecule has 0 fully saturated rings. The monoisotopic (exact) mass is 286 g/mol. The molecule has 110 valence electrons. The van der Waals surface area contributed by atoms with Crippen LogP contribution in [0, 0.1) is 0 Å². The second-order valence-corrected chi connectivity index (χ2v) is 4.67. The van der Waals surface area contributed by atoms with Crippen molar-refractivity contribution in [3.05, 3.63) is 71.3 Å². The zero-order valence-corrected chi connectivity index (χ0v) is 12.1. The van der Waals surface area contributed by atoms with Crippen molar-refractivity contribution >= 4 is 5.97 Å². The van der Waals surface area contributed by atoms with Gasteiger partial charge in [-0.2, -0.15) is 0 Å². The van der Waals surface area contributed by atoms with E-state index in [-0.39, 0.29) is 5.56 Å². The van der Waals surface area contributed by atoms with Gasteiger partial charge in [0, 0.05) is 26.2 Å². The van der Waals surface area contributed by atoms with E-state index in [4.69, 9.17) is 9.47 Å². The molecule has 0 aliphatic carbocycles. The summed E-state index contributed by atoms with van der Waals surface area (Å²) in [6, 6.07) is 16.4. The Hall–Kier alpha value is -2.17. The summed E-state index contributed by atoms with van der Waals surface area (Å²) in [4.78, 5) is 11.3. The third-order valence-electron chi connectivity index (χ3n) is 3.54. The van der Waals surface area contributed by atoms with E-state index in [0.717, 1.165) is 5.56 Å². The van der Waals surface area contributed by atoms with E-state index in [9.17, 15) is 9.90 Å². The van der Waals surface area contributed by atoms with Gasteiger partial charge in [0.25, 0.3) is 0 Å². The first kappa shape index (κ1) is 15.2. The van der Waals surface area contributed by atoms with Crippen LogP contribution in [0.3, 0.4) is 0 Å². The van der Waals surface area contributed by atoms with Gasteiger partial charge in [0.2, 0.25) is 0 Å². The minimum Gasteiger partial charge on any atom is -0.478 e. The summed E-state index contributed by atoms with van der Waals surface area (Å²) in [5.41, 5.74) is 1.76. The van der Waals surface area contributed by atoms with Gasteiger partial charge in [-0.25, -0.2) is 4.79 Å². The van der Waals surface area contributed by atoms with Gasteiger partial charge < -0.3 is 14.6 Å². The fourth-order valence-electron chi connectivity index (χ4n) is 2.39. The molecule has 1 N–H and O–H groups in total. The number of carboxylic acids is 1. The van der Waals surface area contributed by atoms with Gasteiger partial charge in [0.15, 0.2) is 5.79 Å². The van der Waals surface area contributed by atoms with Crippen LogP contribution >= 0.6 is 0 Å². The number of hydrogen-bond acceptors (Lipinski definition) is 3. The van der Waals surface area contributed by atoms with Crippen LogP contribution in [0.5, 0.6) is 0 Å². The third kappa shape index (κ3) is 3.12. The molecule has 0 unspecified atom stereocenters. The maximum absolute atomic E-state index is 11.3. The molecule has 0 amide bonds. The first-order chi connectivity index (χ1) is 10.1. The second-order valence-electron chi connectivity index (χ2n) is 4.67. The number of hydrogen-bond donors (Lipinski definition) is 1. The standard InChI is InChI=1S/C17H18O4/c1-20-17(21-2,14-9-4-3-5-10-14)12-13-8-6-7-11-15(13)16(18)19/h3-11H,12H2,1-2H3,(H,18,19). The van der Waals surface area contributed by atoms with E-state index < -0.39 is 11.8 Å². The van der Waals surface area contributed by atoms with Crippen LogP contribution in [-0.2, 0) is 21.7 Å². The van der Waals surface area contributed by atoms with Crippen LogP contribution in [0.15, 0.2) is 54.6 Å². The van der Waals surface area contributed by atoms with Gasteiger partial charge in [-0.05, 0) is 11.6 Å². The highest BCUT2D eigenvalue weighted by molar-refractivity contribution is 5.89. The van der Waals surface area contributed by atoms with E-state index in [1.807, 2.05) is 36.4 Å². The molecule has 0 spiro atoms. The van der Waals surface area contributed by atoms with Crippen molar-refractivity contribution in [3.8, 4) is 0 Å². The summed E-state index contributed by atoms with van der Waals surface area (Å²) in [6.45, 7) is 0. The van der Waals surface area contributed by atoms with Crippen molar-refractivity contribution in [2.75, 3.05) is 14.2 Å². The normalized spacial score (nSPS) is 11.3. The molecule has 21 heavy (non-hydrogen) atoms. The molecular weight excluding hydrogens is 268 g/mol.